The molecule has 9 nitrogen and oxygen atoms in total. The lowest BCUT2D eigenvalue weighted by Gasteiger charge is -2.39. The van der Waals surface area contributed by atoms with E-state index >= 15 is 0 Å². The Bertz CT molecular complexity index is 2050. The highest BCUT2D eigenvalue weighted by molar-refractivity contribution is 7.91. The van der Waals surface area contributed by atoms with E-state index in [1.807, 2.05) is 6.07 Å². The van der Waals surface area contributed by atoms with Crippen LogP contribution in [0.3, 0.4) is 0 Å². The standard InChI is InChI=1S/C35H36F3N5O4S2/c36-35(37,38)28-4-2-1-3-25(28)30-27(32(47-41-30)19-7-8-19)17-39-21-15-22-9-10-23(16-21)43(22)34-40-31-26(18-5-6-18)13-20(14-29(31)48-34)33(44)42-49(45,46)24-11-12-24/h1-4,13-14,18-19,21-24,39H,5-12,15-17H2,(H,42,44). The zero-order chi connectivity index (χ0) is 33.7. The fourth-order valence-electron chi connectivity index (χ4n) is 7.85. The van der Waals surface area contributed by atoms with Crippen molar-refractivity contribution in [2.24, 2.45) is 0 Å². The number of carbonyl (C=O) groups is 1. The van der Waals surface area contributed by atoms with Crippen molar-refractivity contribution in [2.45, 2.75) is 112 Å². The number of hydrogen-bond donors (Lipinski definition) is 2. The number of aromatic nitrogens is 2. The normalized spacial score (nSPS) is 24.1. The molecule has 4 aromatic rings. The first-order valence-corrected chi connectivity index (χ1v) is 19.6. The number of nitrogens with one attached hydrogen (secondary N) is 2. The molecule has 5 fully saturated rings. The Kier molecular flexibility index (Phi) is 7.41. The van der Waals surface area contributed by atoms with E-state index in [0.717, 1.165) is 83.9 Å². The Labute approximate surface area is 285 Å². The highest BCUT2D eigenvalue weighted by atomic mass is 32.2. The fraction of sp³-hybridized carbons (Fsp3) is 0.514. The first-order valence-electron chi connectivity index (χ1n) is 17.2. The average Bonchev–Trinajstić information content (AvgIpc) is 3.95. The fourth-order valence-corrected chi connectivity index (χ4v) is 10.3. The van der Waals surface area contributed by atoms with E-state index in [2.05, 4.69) is 20.1 Å². The molecular weight excluding hydrogens is 676 g/mol. The van der Waals surface area contributed by atoms with Crippen molar-refractivity contribution in [1.29, 1.82) is 0 Å². The third-order valence-electron chi connectivity index (χ3n) is 10.8. The molecule has 2 atom stereocenters. The van der Waals surface area contributed by atoms with E-state index in [1.54, 1.807) is 23.5 Å². The molecule has 2 aromatic heterocycles. The summed E-state index contributed by atoms with van der Waals surface area (Å²) in [6, 6.07) is 9.84. The van der Waals surface area contributed by atoms with Crippen LogP contribution < -0.4 is 14.9 Å². The van der Waals surface area contributed by atoms with Gasteiger partial charge in [-0.25, -0.2) is 18.1 Å². The second-order valence-corrected chi connectivity index (χ2v) is 17.4. The van der Waals surface area contributed by atoms with Gasteiger partial charge in [-0.2, -0.15) is 13.2 Å². The van der Waals surface area contributed by atoms with Gasteiger partial charge in [0.05, 0.1) is 21.0 Å². The molecular formula is C35H36F3N5O4S2. The molecule has 49 heavy (non-hydrogen) atoms. The number of rotatable bonds is 10. The van der Waals surface area contributed by atoms with E-state index in [-0.39, 0.29) is 35.3 Å². The van der Waals surface area contributed by atoms with Gasteiger partial charge in [-0.1, -0.05) is 34.7 Å². The Morgan fingerprint density at radius 3 is 2.37 bits per heavy atom. The number of nitrogens with zero attached hydrogens (tertiary/aromatic N) is 3. The summed E-state index contributed by atoms with van der Waals surface area (Å²) in [5, 5.41) is 8.31. The van der Waals surface area contributed by atoms with Crippen LogP contribution in [-0.4, -0.2) is 47.8 Å². The van der Waals surface area contributed by atoms with Gasteiger partial charge >= 0.3 is 6.18 Å². The molecule has 0 radical (unpaired) electrons. The summed E-state index contributed by atoms with van der Waals surface area (Å²) in [4.78, 5) is 20.6. The number of sulfonamides is 1. The minimum absolute atomic E-state index is 0.0453. The number of piperidine rings is 1. The molecule has 14 heteroatoms. The van der Waals surface area contributed by atoms with Gasteiger partial charge in [0.2, 0.25) is 10.0 Å². The molecule has 2 unspecified atom stereocenters. The summed E-state index contributed by atoms with van der Waals surface area (Å²) < 4.78 is 75.7. The lowest BCUT2D eigenvalue weighted by atomic mass is 9.96. The van der Waals surface area contributed by atoms with Crippen molar-refractivity contribution < 1.29 is 30.9 Å². The number of fused-ring (bicyclic) bond motifs is 3. The minimum atomic E-state index is -4.50. The lowest BCUT2D eigenvalue weighted by Crippen LogP contribution is -2.49. The molecule has 5 aliphatic rings. The smallest absolute Gasteiger partial charge is 0.360 e. The Balaban J connectivity index is 0.944. The average molecular weight is 712 g/mol. The summed E-state index contributed by atoms with van der Waals surface area (Å²) >= 11 is 1.56. The number of anilines is 1. The van der Waals surface area contributed by atoms with Crippen molar-refractivity contribution in [3.8, 4) is 11.3 Å². The van der Waals surface area contributed by atoms with Crippen LogP contribution >= 0.6 is 11.3 Å². The lowest BCUT2D eigenvalue weighted by molar-refractivity contribution is -0.137. The Hall–Kier alpha value is -3.49. The monoisotopic (exact) mass is 711 g/mol. The van der Waals surface area contributed by atoms with Crippen molar-refractivity contribution in [3.05, 3.63) is 64.4 Å². The van der Waals surface area contributed by atoms with Crippen LogP contribution in [0.15, 0.2) is 40.9 Å². The SMILES string of the molecule is O=C(NS(=O)(=O)C1CC1)c1cc(C2CC2)c2nc(N3C4CCC3CC(NCc3c(-c5ccccc5C(F)(F)F)noc3C3CC3)C4)sc2c1. The molecule has 3 saturated carbocycles. The van der Waals surface area contributed by atoms with Crippen molar-refractivity contribution in [1.82, 2.24) is 20.2 Å². The van der Waals surface area contributed by atoms with Gasteiger partial charge in [0.1, 0.15) is 11.5 Å². The number of alkyl halides is 3. The molecule has 9 rings (SSSR count). The third-order valence-corrected chi connectivity index (χ3v) is 13.6. The number of thiazole rings is 1. The van der Waals surface area contributed by atoms with Crippen molar-refractivity contribution >= 4 is 42.6 Å². The van der Waals surface area contributed by atoms with Crippen LogP contribution in [-0.2, 0) is 22.7 Å². The van der Waals surface area contributed by atoms with Gasteiger partial charge in [-0.15, -0.1) is 0 Å². The predicted molar refractivity (Wildman–Crippen MR) is 179 cm³/mol. The highest BCUT2D eigenvalue weighted by Gasteiger charge is 2.44. The molecule has 3 aliphatic carbocycles. The van der Waals surface area contributed by atoms with Gasteiger partial charge in [-0.05, 0) is 93.9 Å². The van der Waals surface area contributed by atoms with E-state index in [4.69, 9.17) is 9.51 Å². The quantitative estimate of drug-likeness (QED) is 0.177. The van der Waals surface area contributed by atoms with Crippen molar-refractivity contribution in [2.75, 3.05) is 4.90 Å². The van der Waals surface area contributed by atoms with Crippen LogP contribution in [0.5, 0.6) is 0 Å². The van der Waals surface area contributed by atoms with Gasteiger partial charge in [-0.3, -0.25) is 4.79 Å². The largest absolute Gasteiger partial charge is 0.417 e. The Morgan fingerprint density at radius 2 is 1.69 bits per heavy atom. The first-order chi connectivity index (χ1) is 23.5. The van der Waals surface area contributed by atoms with Gasteiger partial charge in [0.15, 0.2) is 5.13 Å². The molecule has 2 aromatic carbocycles. The number of carbonyl (C=O) groups excluding carboxylic acids is 1. The number of benzene rings is 2. The second-order valence-electron chi connectivity index (χ2n) is 14.4. The van der Waals surface area contributed by atoms with Crippen LogP contribution in [0.1, 0.15) is 109 Å². The molecule has 258 valence electrons. The molecule has 2 saturated heterocycles. The molecule has 2 aliphatic heterocycles. The zero-order valence-electron chi connectivity index (χ0n) is 26.6. The maximum absolute atomic E-state index is 13.9. The number of amides is 1. The molecule has 4 heterocycles. The van der Waals surface area contributed by atoms with Gasteiger partial charge in [0, 0.05) is 47.3 Å². The second kappa shape index (κ2) is 11.5. The van der Waals surface area contributed by atoms with E-state index in [0.29, 0.717) is 36.6 Å². The van der Waals surface area contributed by atoms with Crippen LogP contribution in [0, 0.1) is 0 Å². The topological polar surface area (TPSA) is 117 Å². The summed E-state index contributed by atoms with van der Waals surface area (Å²) in [5.41, 5.74) is 2.59. The zero-order valence-corrected chi connectivity index (χ0v) is 28.3. The number of hydrogen-bond acceptors (Lipinski definition) is 9. The highest BCUT2D eigenvalue weighted by Crippen LogP contribution is 2.49. The summed E-state index contributed by atoms with van der Waals surface area (Å²) in [7, 11) is -3.66. The predicted octanol–water partition coefficient (Wildman–Crippen LogP) is 7.24. The van der Waals surface area contributed by atoms with E-state index in [9.17, 15) is 26.4 Å². The summed E-state index contributed by atoms with van der Waals surface area (Å²) in [5.74, 6) is 0.630. The number of halogens is 3. The summed E-state index contributed by atoms with van der Waals surface area (Å²) in [6.45, 7) is 0.383. The first kappa shape index (κ1) is 31.5. The summed E-state index contributed by atoms with van der Waals surface area (Å²) in [6.07, 6.45) is 4.38. The molecule has 0 spiro atoms. The maximum Gasteiger partial charge on any atom is 0.417 e. The van der Waals surface area contributed by atoms with Crippen LogP contribution in [0.25, 0.3) is 21.5 Å². The van der Waals surface area contributed by atoms with Crippen LogP contribution in [0.4, 0.5) is 18.3 Å². The molecule has 2 bridgehead atoms. The van der Waals surface area contributed by atoms with E-state index in [1.165, 1.54) is 12.1 Å². The van der Waals surface area contributed by atoms with Crippen molar-refractivity contribution in [3.63, 3.8) is 0 Å². The maximum atomic E-state index is 13.9. The Morgan fingerprint density at radius 1 is 0.980 bits per heavy atom. The van der Waals surface area contributed by atoms with E-state index < -0.39 is 32.9 Å². The third kappa shape index (κ3) is 5.93. The minimum Gasteiger partial charge on any atom is -0.360 e. The molecule has 2 N–H and O–H groups in total. The van der Waals surface area contributed by atoms with Gasteiger partial charge in [0.25, 0.3) is 5.91 Å². The molecule has 1 amide bonds. The van der Waals surface area contributed by atoms with Gasteiger partial charge < -0.3 is 14.7 Å². The van der Waals surface area contributed by atoms with Crippen LogP contribution in [0.2, 0.25) is 0 Å².